The molecular formula is C7H13N. The van der Waals surface area contributed by atoms with Gasteiger partial charge < -0.3 is 0 Å². The zero-order valence-electron chi connectivity index (χ0n) is 5.43. The summed E-state index contributed by atoms with van der Waals surface area (Å²) >= 11 is 0. The zero-order valence-corrected chi connectivity index (χ0v) is 5.43. The van der Waals surface area contributed by atoms with Crippen LogP contribution in [-0.4, -0.2) is 23.5 Å². The molecule has 2 fully saturated rings. The van der Waals surface area contributed by atoms with Crippen molar-refractivity contribution in [3.8, 4) is 0 Å². The van der Waals surface area contributed by atoms with Crippen LogP contribution in [0.25, 0.3) is 0 Å². The number of rotatable bonds is 0. The summed E-state index contributed by atoms with van der Waals surface area (Å²) in [5.74, 6) is 0. The van der Waals surface area contributed by atoms with Crippen molar-refractivity contribution in [2.75, 3.05) is 6.54 Å². The minimum atomic E-state index is 0.911. The van der Waals surface area contributed by atoms with Gasteiger partial charge in [-0.15, -0.1) is 0 Å². The van der Waals surface area contributed by atoms with E-state index in [1.165, 1.54) is 25.8 Å². The molecule has 0 amide bonds. The van der Waals surface area contributed by atoms with Crippen molar-refractivity contribution in [3.05, 3.63) is 0 Å². The fourth-order valence-electron chi connectivity index (χ4n) is 1.95. The first-order chi connectivity index (χ1) is 3.88. The topological polar surface area (TPSA) is 3.24 Å². The summed E-state index contributed by atoms with van der Waals surface area (Å²) in [5.41, 5.74) is 0. The largest absolute Gasteiger partial charge is 0.298 e. The molecule has 2 saturated heterocycles. The molecule has 0 aromatic rings. The van der Waals surface area contributed by atoms with Gasteiger partial charge >= 0.3 is 0 Å². The Kier molecular flexibility index (Phi) is 0.884. The van der Waals surface area contributed by atoms with Crippen molar-refractivity contribution in [1.82, 2.24) is 4.90 Å². The summed E-state index contributed by atoms with van der Waals surface area (Å²) in [7, 11) is 0. The highest BCUT2D eigenvalue weighted by Crippen LogP contribution is 2.32. The van der Waals surface area contributed by atoms with Crippen molar-refractivity contribution >= 4 is 0 Å². The summed E-state index contributed by atoms with van der Waals surface area (Å²) in [5, 5.41) is 0. The maximum absolute atomic E-state index is 2.62. The highest BCUT2D eigenvalue weighted by Gasteiger charge is 2.36. The molecule has 2 aliphatic rings. The van der Waals surface area contributed by atoms with Gasteiger partial charge in [0.1, 0.15) is 0 Å². The second-order valence-electron chi connectivity index (χ2n) is 3.11. The molecule has 46 valence electrons. The summed E-state index contributed by atoms with van der Waals surface area (Å²) in [4.78, 5) is 2.62. The molecule has 8 heavy (non-hydrogen) atoms. The Labute approximate surface area is 50.7 Å². The second kappa shape index (κ2) is 1.47. The summed E-state index contributed by atoms with van der Waals surface area (Å²) in [6.07, 6.45) is 4.40. The Hall–Kier alpha value is -0.0400. The van der Waals surface area contributed by atoms with Gasteiger partial charge in [0.05, 0.1) is 0 Å². The van der Waals surface area contributed by atoms with E-state index in [4.69, 9.17) is 0 Å². The zero-order chi connectivity index (χ0) is 5.56. The lowest BCUT2D eigenvalue weighted by Gasteiger charge is -2.37. The molecule has 0 spiro atoms. The molecule has 0 bridgehead atoms. The molecule has 0 aliphatic carbocycles. The Morgan fingerprint density at radius 1 is 1.25 bits per heavy atom. The Bertz CT molecular complexity index is 94.6. The molecule has 0 radical (unpaired) electrons. The van der Waals surface area contributed by atoms with E-state index in [-0.39, 0.29) is 0 Å². The molecule has 0 aromatic carbocycles. The number of fused-ring (bicyclic) bond motifs is 1. The minimum Gasteiger partial charge on any atom is -0.298 e. The molecule has 1 heteroatoms. The van der Waals surface area contributed by atoms with Crippen molar-refractivity contribution in [3.63, 3.8) is 0 Å². The standard InChI is InChI=1S/C7H13N/c1-6-2-3-7-4-5-8(6)7/h6-7H,2-5H2,1H3/t6-,7?/m1/s1. The van der Waals surface area contributed by atoms with Crippen LogP contribution in [0.2, 0.25) is 0 Å². The lowest BCUT2D eigenvalue weighted by Crippen LogP contribution is -2.45. The average Bonchev–Trinajstić information content (AvgIpc) is 1.80. The van der Waals surface area contributed by atoms with E-state index < -0.39 is 0 Å². The van der Waals surface area contributed by atoms with Crippen LogP contribution >= 0.6 is 0 Å². The molecular weight excluding hydrogens is 98.1 g/mol. The molecule has 2 rings (SSSR count). The third-order valence-electron chi connectivity index (χ3n) is 2.67. The van der Waals surface area contributed by atoms with Gasteiger partial charge in [0.25, 0.3) is 0 Å². The predicted molar refractivity (Wildman–Crippen MR) is 33.8 cm³/mol. The predicted octanol–water partition coefficient (Wildman–Crippen LogP) is 1.24. The van der Waals surface area contributed by atoms with Gasteiger partial charge in [0, 0.05) is 18.6 Å². The van der Waals surface area contributed by atoms with E-state index in [2.05, 4.69) is 11.8 Å². The van der Waals surface area contributed by atoms with Crippen LogP contribution < -0.4 is 0 Å². The van der Waals surface area contributed by atoms with E-state index in [0.29, 0.717) is 0 Å². The molecule has 0 saturated carbocycles. The lowest BCUT2D eigenvalue weighted by atomic mass is 10.1. The monoisotopic (exact) mass is 111 g/mol. The minimum absolute atomic E-state index is 0.911. The summed E-state index contributed by atoms with van der Waals surface area (Å²) in [6, 6.07) is 1.92. The van der Waals surface area contributed by atoms with Crippen molar-refractivity contribution in [2.45, 2.75) is 38.3 Å². The van der Waals surface area contributed by atoms with E-state index in [1.54, 1.807) is 0 Å². The van der Waals surface area contributed by atoms with Crippen LogP contribution in [-0.2, 0) is 0 Å². The van der Waals surface area contributed by atoms with E-state index in [9.17, 15) is 0 Å². The fraction of sp³-hybridized carbons (Fsp3) is 1.00. The fourth-order valence-corrected chi connectivity index (χ4v) is 1.95. The Morgan fingerprint density at radius 3 is 2.38 bits per heavy atom. The lowest BCUT2D eigenvalue weighted by molar-refractivity contribution is 0.103. The average molecular weight is 111 g/mol. The highest BCUT2D eigenvalue weighted by atomic mass is 15.3. The van der Waals surface area contributed by atoms with Gasteiger partial charge in [-0.1, -0.05) is 0 Å². The summed E-state index contributed by atoms with van der Waals surface area (Å²) < 4.78 is 0. The molecule has 0 aromatic heterocycles. The first-order valence-corrected chi connectivity index (χ1v) is 3.63. The van der Waals surface area contributed by atoms with Gasteiger partial charge in [0.15, 0.2) is 0 Å². The van der Waals surface area contributed by atoms with Crippen molar-refractivity contribution in [2.24, 2.45) is 0 Å². The third-order valence-corrected chi connectivity index (χ3v) is 2.67. The second-order valence-corrected chi connectivity index (χ2v) is 3.11. The van der Waals surface area contributed by atoms with Crippen LogP contribution in [0.3, 0.4) is 0 Å². The van der Waals surface area contributed by atoms with Crippen LogP contribution in [0.15, 0.2) is 0 Å². The quantitative estimate of drug-likeness (QED) is 0.454. The first kappa shape index (κ1) is 4.80. The van der Waals surface area contributed by atoms with Crippen LogP contribution in [0, 0.1) is 0 Å². The Balaban J connectivity index is 2.05. The molecule has 2 aliphatic heterocycles. The van der Waals surface area contributed by atoms with E-state index in [0.717, 1.165) is 12.1 Å². The van der Waals surface area contributed by atoms with Crippen molar-refractivity contribution < 1.29 is 0 Å². The first-order valence-electron chi connectivity index (χ1n) is 3.63. The van der Waals surface area contributed by atoms with Crippen LogP contribution in [0.4, 0.5) is 0 Å². The molecule has 1 unspecified atom stereocenters. The SMILES string of the molecule is C[C@@H]1CCC2CCN21. The number of hydrogen-bond acceptors (Lipinski definition) is 1. The van der Waals surface area contributed by atoms with Crippen LogP contribution in [0.1, 0.15) is 26.2 Å². The smallest absolute Gasteiger partial charge is 0.0111 e. The third kappa shape index (κ3) is 0.455. The number of hydrogen-bond donors (Lipinski definition) is 0. The maximum Gasteiger partial charge on any atom is 0.0111 e. The van der Waals surface area contributed by atoms with Gasteiger partial charge in [-0.3, -0.25) is 4.90 Å². The van der Waals surface area contributed by atoms with Gasteiger partial charge in [-0.05, 0) is 26.2 Å². The molecule has 2 heterocycles. The molecule has 1 nitrogen and oxygen atoms in total. The molecule has 2 atom stereocenters. The highest BCUT2D eigenvalue weighted by molar-refractivity contribution is 4.92. The normalized spacial score (nSPS) is 46.1. The van der Waals surface area contributed by atoms with Gasteiger partial charge in [-0.25, -0.2) is 0 Å². The van der Waals surface area contributed by atoms with Gasteiger partial charge in [0.2, 0.25) is 0 Å². The van der Waals surface area contributed by atoms with Gasteiger partial charge in [-0.2, -0.15) is 0 Å². The number of nitrogens with zero attached hydrogens (tertiary/aromatic N) is 1. The van der Waals surface area contributed by atoms with E-state index >= 15 is 0 Å². The van der Waals surface area contributed by atoms with Crippen LogP contribution in [0.5, 0.6) is 0 Å². The van der Waals surface area contributed by atoms with Crippen molar-refractivity contribution in [1.29, 1.82) is 0 Å². The molecule has 0 N–H and O–H groups in total. The summed E-state index contributed by atoms with van der Waals surface area (Å²) in [6.45, 7) is 3.73. The Morgan fingerprint density at radius 2 is 2.12 bits per heavy atom. The van der Waals surface area contributed by atoms with E-state index in [1.807, 2.05) is 0 Å². The maximum atomic E-state index is 2.62.